The van der Waals surface area contributed by atoms with Crippen LogP contribution in [0.4, 0.5) is 0 Å². The monoisotopic (exact) mass is 106 g/mol. The Morgan fingerprint density at radius 3 is 1.43 bits per heavy atom. The van der Waals surface area contributed by atoms with Gasteiger partial charge < -0.3 is 0 Å². The second-order valence-electron chi connectivity index (χ2n) is 0.807. The fourth-order valence-corrected chi connectivity index (χ4v) is 0.0943. The molecule has 0 fully saturated rings. The van der Waals surface area contributed by atoms with Gasteiger partial charge in [-0.1, -0.05) is 0 Å². The van der Waals surface area contributed by atoms with E-state index in [1.807, 2.05) is 0 Å². The van der Waals surface area contributed by atoms with Gasteiger partial charge in [0.2, 0.25) is 0 Å². The van der Waals surface area contributed by atoms with E-state index in [1.165, 1.54) is 0 Å². The van der Waals surface area contributed by atoms with Crippen LogP contribution >= 0.6 is 0 Å². The van der Waals surface area contributed by atoms with E-state index in [-0.39, 0.29) is 0 Å². The summed E-state index contributed by atoms with van der Waals surface area (Å²) in [7, 11) is 0. The molecule has 0 saturated carbocycles. The van der Waals surface area contributed by atoms with Crippen molar-refractivity contribution in [3.63, 3.8) is 0 Å². The predicted octanol–water partition coefficient (Wildman–Crippen LogP) is -0.503. The van der Waals surface area contributed by atoms with E-state index in [2.05, 4.69) is 0 Å². The van der Waals surface area contributed by atoms with Crippen molar-refractivity contribution >= 4 is 0 Å². The van der Waals surface area contributed by atoms with Crippen molar-refractivity contribution in [2.45, 2.75) is 0 Å². The highest BCUT2D eigenvalue weighted by Gasteiger charge is 2.02. The molecule has 0 aliphatic rings. The van der Waals surface area contributed by atoms with E-state index in [0.717, 1.165) is 0 Å². The summed E-state index contributed by atoms with van der Waals surface area (Å²) in [6, 6.07) is 0. The highest BCUT2D eigenvalue weighted by molar-refractivity contribution is 4.04. The Balaban J connectivity index is 3.32. The molecule has 0 spiro atoms. The van der Waals surface area contributed by atoms with Crippen LogP contribution in [0, 0.1) is 20.2 Å². The number of hydrogen-bond acceptors (Lipinski definition) is 4. The van der Waals surface area contributed by atoms with Gasteiger partial charge in [-0.15, -0.1) is 0 Å². The van der Waals surface area contributed by atoms with Crippen molar-refractivity contribution in [1.82, 2.24) is 0 Å². The molecule has 0 aromatic rings. The van der Waals surface area contributed by atoms with Crippen molar-refractivity contribution in [3.05, 3.63) is 20.2 Å². The smallest absolute Gasteiger partial charge is 0.259 e. The fourth-order valence-electron chi connectivity index (χ4n) is 0.0943. The molecule has 0 atom stereocenters. The van der Waals surface area contributed by atoms with Gasteiger partial charge >= 0.3 is 6.67 Å². The van der Waals surface area contributed by atoms with Crippen LogP contribution in [0.2, 0.25) is 0 Å². The van der Waals surface area contributed by atoms with Gasteiger partial charge in [-0.2, -0.15) is 0 Å². The lowest BCUT2D eigenvalue weighted by Gasteiger charge is -1.79. The summed E-state index contributed by atoms with van der Waals surface area (Å²) >= 11 is 0. The zero-order valence-corrected chi connectivity index (χ0v) is 3.23. The standard InChI is InChI=1S/CH2N2O4/c4-2(5)1-3(6)7/h1H2. The SMILES string of the molecule is O=[N+]([O-])C[N+](=O)[O-]. The van der Waals surface area contributed by atoms with Gasteiger partial charge in [0, 0.05) is 0 Å². The van der Waals surface area contributed by atoms with E-state index < -0.39 is 16.5 Å². The molecule has 0 N–H and O–H groups in total. The summed E-state index contributed by atoms with van der Waals surface area (Å²) < 4.78 is 0. The van der Waals surface area contributed by atoms with Gasteiger partial charge in [0.25, 0.3) is 0 Å². The number of nitro groups is 2. The summed E-state index contributed by atoms with van der Waals surface area (Å²) in [6.07, 6.45) is 0. The number of nitrogens with zero attached hydrogens (tertiary/aromatic N) is 2. The van der Waals surface area contributed by atoms with Gasteiger partial charge in [-0.05, 0) is 0 Å². The molecular weight excluding hydrogens is 104 g/mol. The summed E-state index contributed by atoms with van der Waals surface area (Å²) in [5.74, 6) is 0. The van der Waals surface area contributed by atoms with Crippen LogP contribution in [0.3, 0.4) is 0 Å². The van der Waals surface area contributed by atoms with Crippen LogP contribution < -0.4 is 0 Å². The first-order chi connectivity index (χ1) is 3.13. The quantitative estimate of drug-likeness (QED) is 0.269. The third-order valence-corrected chi connectivity index (χ3v) is 0.231. The molecule has 0 saturated heterocycles. The van der Waals surface area contributed by atoms with Crippen LogP contribution in [-0.2, 0) is 0 Å². The molecule has 0 amide bonds. The Morgan fingerprint density at radius 2 is 1.43 bits per heavy atom. The lowest BCUT2D eigenvalue weighted by molar-refractivity contribution is -0.689. The Hall–Kier alpha value is -1.20. The van der Waals surface area contributed by atoms with E-state index >= 15 is 0 Å². The molecule has 0 aromatic carbocycles. The Kier molecular flexibility index (Phi) is 1.71. The van der Waals surface area contributed by atoms with Crippen LogP contribution in [0.1, 0.15) is 0 Å². The molecule has 40 valence electrons. The first-order valence-corrected chi connectivity index (χ1v) is 1.36. The second-order valence-corrected chi connectivity index (χ2v) is 0.807. The largest absolute Gasteiger partial charge is 0.442 e. The highest BCUT2D eigenvalue weighted by Crippen LogP contribution is 1.66. The van der Waals surface area contributed by atoms with E-state index in [9.17, 15) is 20.2 Å². The normalized spacial score (nSPS) is 8.00. The van der Waals surface area contributed by atoms with Gasteiger partial charge in [0.1, 0.15) is 0 Å². The molecule has 0 aliphatic carbocycles. The molecule has 0 radical (unpaired) electrons. The molecule has 0 aromatic heterocycles. The minimum atomic E-state index is -1.19. The minimum absolute atomic E-state index is 1.00. The predicted molar refractivity (Wildman–Crippen MR) is 18.9 cm³/mol. The minimum Gasteiger partial charge on any atom is -0.259 e. The maximum atomic E-state index is 9.17. The van der Waals surface area contributed by atoms with E-state index in [4.69, 9.17) is 0 Å². The van der Waals surface area contributed by atoms with Crippen molar-refractivity contribution in [2.75, 3.05) is 6.67 Å². The lowest BCUT2D eigenvalue weighted by atomic mass is 11.2. The van der Waals surface area contributed by atoms with Gasteiger partial charge in [0.05, 0.1) is 9.85 Å². The Morgan fingerprint density at radius 1 is 1.14 bits per heavy atom. The molecule has 6 heteroatoms. The third-order valence-electron chi connectivity index (χ3n) is 0.231. The second kappa shape index (κ2) is 2.06. The first kappa shape index (κ1) is 5.80. The molecule has 0 unspecified atom stereocenters. The molecule has 0 aliphatic heterocycles. The summed E-state index contributed by atoms with van der Waals surface area (Å²) in [4.78, 5) is 16.3. The maximum absolute atomic E-state index is 9.17. The number of rotatable bonds is 2. The van der Waals surface area contributed by atoms with Crippen molar-refractivity contribution in [3.8, 4) is 0 Å². The lowest BCUT2D eigenvalue weighted by Crippen LogP contribution is -2.10. The Labute approximate surface area is 38.0 Å². The van der Waals surface area contributed by atoms with Gasteiger partial charge in [0.15, 0.2) is 0 Å². The average Bonchev–Trinajstić information content (AvgIpc) is 1.27. The van der Waals surface area contributed by atoms with E-state index in [1.54, 1.807) is 0 Å². The first-order valence-electron chi connectivity index (χ1n) is 1.36. The van der Waals surface area contributed by atoms with Gasteiger partial charge in [-0.25, -0.2) is 0 Å². The topological polar surface area (TPSA) is 86.3 Å². The molecule has 0 rings (SSSR count). The molecule has 0 heterocycles. The molecular formula is CH2N2O4. The van der Waals surface area contributed by atoms with Crippen molar-refractivity contribution < 1.29 is 9.85 Å². The molecule has 0 bridgehead atoms. The molecule has 7 heavy (non-hydrogen) atoms. The highest BCUT2D eigenvalue weighted by atomic mass is 16.7. The van der Waals surface area contributed by atoms with Crippen molar-refractivity contribution in [1.29, 1.82) is 0 Å². The zero-order valence-electron chi connectivity index (χ0n) is 3.23. The number of hydrogen-bond donors (Lipinski definition) is 0. The van der Waals surface area contributed by atoms with Crippen LogP contribution in [-0.4, -0.2) is 16.5 Å². The summed E-state index contributed by atoms with van der Waals surface area (Å²) in [6.45, 7) is -1.19. The van der Waals surface area contributed by atoms with E-state index in [0.29, 0.717) is 0 Å². The molecule has 6 nitrogen and oxygen atoms in total. The summed E-state index contributed by atoms with van der Waals surface area (Å²) in [5, 5.41) is 18.3. The summed E-state index contributed by atoms with van der Waals surface area (Å²) in [5.41, 5.74) is 0. The van der Waals surface area contributed by atoms with Crippen molar-refractivity contribution in [2.24, 2.45) is 0 Å². The zero-order chi connectivity index (χ0) is 5.86. The third kappa shape index (κ3) is 4.80. The average molecular weight is 106 g/mol. The van der Waals surface area contributed by atoms with Gasteiger partial charge in [-0.3, -0.25) is 20.2 Å². The van der Waals surface area contributed by atoms with Crippen LogP contribution in [0.15, 0.2) is 0 Å². The Bertz CT molecular complexity index is 85.9. The van der Waals surface area contributed by atoms with Crippen LogP contribution in [0.25, 0.3) is 0 Å². The fraction of sp³-hybridized carbons (Fsp3) is 1.00. The maximum Gasteiger partial charge on any atom is 0.442 e. The van der Waals surface area contributed by atoms with Crippen LogP contribution in [0.5, 0.6) is 0 Å².